The van der Waals surface area contributed by atoms with Gasteiger partial charge in [-0.05, 0) is 56.5 Å². The van der Waals surface area contributed by atoms with Crippen LogP contribution in [-0.2, 0) is 0 Å². The average Bonchev–Trinajstić information content (AvgIpc) is 2.40. The number of nitrogens with two attached hydrogens (primary N) is 1. The SMILES string of the molecule is Cc1ccc(C)c(C(N)c2cccc(OC(C)C)c2)c1. The molecule has 0 aliphatic carbocycles. The third-order valence-corrected chi connectivity index (χ3v) is 3.36. The van der Waals surface area contributed by atoms with Gasteiger partial charge in [0.15, 0.2) is 0 Å². The second-order valence-electron chi connectivity index (χ2n) is 5.58. The first-order valence-corrected chi connectivity index (χ1v) is 7.06. The van der Waals surface area contributed by atoms with Crippen LogP contribution in [0.1, 0.15) is 42.1 Å². The lowest BCUT2D eigenvalue weighted by molar-refractivity contribution is 0.242. The maximum absolute atomic E-state index is 6.43. The third-order valence-electron chi connectivity index (χ3n) is 3.36. The first kappa shape index (κ1) is 14.6. The number of hydrogen-bond acceptors (Lipinski definition) is 2. The molecule has 0 saturated heterocycles. The summed E-state index contributed by atoms with van der Waals surface area (Å²) >= 11 is 0. The molecular weight excluding hydrogens is 246 g/mol. The quantitative estimate of drug-likeness (QED) is 0.905. The van der Waals surface area contributed by atoms with Crippen molar-refractivity contribution in [1.29, 1.82) is 0 Å². The topological polar surface area (TPSA) is 35.2 Å². The molecule has 0 aliphatic heterocycles. The van der Waals surface area contributed by atoms with Crippen molar-refractivity contribution in [2.24, 2.45) is 5.73 Å². The Labute approximate surface area is 121 Å². The zero-order valence-corrected chi connectivity index (χ0v) is 12.7. The van der Waals surface area contributed by atoms with E-state index in [1.165, 1.54) is 16.7 Å². The minimum absolute atomic E-state index is 0.120. The molecule has 2 N–H and O–H groups in total. The predicted octanol–water partition coefficient (Wildman–Crippen LogP) is 4.14. The van der Waals surface area contributed by atoms with E-state index >= 15 is 0 Å². The fourth-order valence-corrected chi connectivity index (χ4v) is 2.33. The third kappa shape index (κ3) is 3.40. The number of rotatable bonds is 4. The van der Waals surface area contributed by atoms with Crippen LogP contribution in [0.15, 0.2) is 42.5 Å². The highest BCUT2D eigenvalue weighted by Gasteiger charge is 2.12. The molecule has 2 aromatic carbocycles. The van der Waals surface area contributed by atoms with E-state index in [-0.39, 0.29) is 12.1 Å². The molecule has 0 amide bonds. The number of aryl methyl sites for hydroxylation is 2. The highest BCUT2D eigenvalue weighted by molar-refractivity contribution is 5.41. The van der Waals surface area contributed by atoms with E-state index in [1.54, 1.807) is 0 Å². The molecule has 2 aromatic rings. The molecule has 1 atom stereocenters. The van der Waals surface area contributed by atoms with Gasteiger partial charge in [-0.1, -0.05) is 35.9 Å². The second-order valence-corrected chi connectivity index (χ2v) is 5.58. The monoisotopic (exact) mass is 269 g/mol. The Morgan fingerprint density at radius 2 is 1.75 bits per heavy atom. The fraction of sp³-hybridized carbons (Fsp3) is 0.333. The first-order chi connectivity index (χ1) is 9.47. The Kier molecular flexibility index (Phi) is 4.46. The summed E-state index contributed by atoms with van der Waals surface area (Å²) in [5.74, 6) is 0.873. The minimum Gasteiger partial charge on any atom is -0.491 e. The van der Waals surface area contributed by atoms with Gasteiger partial charge in [0.25, 0.3) is 0 Å². The normalized spacial score (nSPS) is 12.5. The summed E-state index contributed by atoms with van der Waals surface area (Å²) in [7, 11) is 0. The summed E-state index contributed by atoms with van der Waals surface area (Å²) in [5.41, 5.74) is 11.1. The van der Waals surface area contributed by atoms with E-state index in [1.807, 2.05) is 32.0 Å². The van der Waals surface area contributed by atoms with Crippen LogP contribution in [0, 0.1) is 13.8 Å². The molecular formula is C18H23NO. The molecule has 0 fully saturated rings. The van der Waals surface area contributed by atoms with Gasteiger partial charge in [-0.25, -0.2) is 0 Å². The summed E-state index contributed by atoms with van der Waals surface area (Å²) in [6.45, 7) is 8.24. The molecule has 0 aliphatic rings. The number of benzene rings is 2. The number of hydrogen-bond donors (Lipinski definition) is 1. The Hall–Kier alpha value is -1.80. The highest BCUT2D eigenvalue weighted by atomic mass is 16.5. The van der Waals surface area contributed by atoms with Crippen LogP contribution < -0.4 is 10.5 Å². The van der Waals surface area contributed by atoms with E-state index in [9.17, 15) is 0 Å². The Balaban J connectivity index is 2.33. The molecule has 2 nitrogen and oxygen atoms in total. The summed E-state index contributed by atoms with van der Waals surface area (Å²) in [5, 5.41) is 0. The van der Waals surface area contributed by atoms with Gasteiger partial charge in [0.2, 0.25) is 0 Å². The van der Waals surface area contributed by atoms with Gasteiger partial charge in [0.1, 0.15) is 5.75 Å². The van der Waals surface area contributed by atoms with Crippen LogP contribution >= 0.6 is 0 Å². The lowest BCUT2D eigenvalue weighted by Crippen LogP contribution is -2.14. The molecule has 0 radical (unpaired) electrons. The molecule has 0 heterocycles. The Bertz CT molecular complexity index is 590. The zero-order chi connectivity index (χ0) is 14.7. The molecule has 1 unspecified atom stereocenters. The molecule has 0 spiro atoms. The standard InChI is InChI=1S/C18H23NO/c1-12(2)20-16-7-5-6-15(11-16)18(19)17-10-13(3)8-9-14(17)4/h5-12,18H,19H2,1-4H3. The van der Waals surface area contributed by atoms with Crippen molar-refractivity contribution in [3.63, 3.8) is 0 Å². The van der Waals surface area contributed by atoms with E-state index in [0.29, 0.717) is 0 Å². The van der Waals surface area contributed by atoms with Gasteiger partial charge < -0.3 is 10.5 Å². The van der Waals surface area contributed by atoms with Crippen LogP contribution in [0.5, 0.6) is 5.75 Å². The van der Waals surface area contributed by atoms with Crippen LogP contribution in [-0.4, -0.2) is 6.10 Å². The minimum atomic E-state index is -0.120. The molecule has 0 bridgehead atoms. The average molecular weight is 269 g/mol. The summed E-state index contributed by atoms with van der Waals surface area (Å²) < 4.78 is 5.74. The van der Waals surface area contributed by atoms with Gasteiger partial charge in [0.05, 0.1) is 12.1 Å². The van der Waals surface area contributed by atoms with E-state index in [0.717, 1.165) is 11.3 Å². The molecule has 20 heavy (non-hydrogen) atoms. The second kappa shape index (κ2) is 6.10. The molecule has 0 aromatic heterocycles. The van der Waals surface area contributed by atoms with Gasteiger partial charge in [-0.15, -0.1) is 0 Å². The van der Waals surface area contributed by atoms with Gasteiger partial charge >= 0.3 is 0 Å². The highest BCUT2D eigenvalue weighted by Crippen LogP contribution is 2.26. The summed E-state index contributed by atoms with van der Waals surface area (Å²) in [4.78, 5) is 0. The van der Waals surface area contributed by atoms with Gasteiger partial charge in [-0.3, -0.25) is 0 Å². The van der Waals surface area contributed by atoms with Crippen LogP contribution in [0.4, 0.5) is 0 Å². The smallest absolute Gasteiger partial charge is 0.120 e. The summed E-state index contributed by atoms with van der Waals surface area (Å²) in [6, 6.07) is 14.3. The maximum Gasteiger partial charge on any atom is 0.120 e. The van der Waals surface area contributed by atoms with Crippen molar-refractivity contribution in [2.45, 2.75) is 39.8 Å². The summed E-state index contributed by atoms with van der Waals surface area (Å²) in [6.07, 6.45) is 0.169. The van der Waals surface area contributed by atoms with Crippen molar-refractivity contribution < 1.29 is 4.74 Å². The lowest BCUT2D eigenvalue weighted by Gasteiger charge is -2.18. The molecule has 2 heteroatoms. The van der Waals surface area contributed by atoms with Crippen molar-refractivity contribution in [1.82, 2.24) is 0 Å². The van der Waals surface area contributed by atoms with E-state index in [4.69, 9.17) is 10.5 Å². The molecule has 0 saturated carbocycles. The van der Waals surface area contributed by atoms with Crippen molar-refractivity contribution >= 4 is 0 Å². The maximum atomic E-state index is 6.43. The number of ether oxygens (including phenoxy) is 1. The first-order valence-electron chi connectivity index (χ1n) is 7.06. The van der Waals surface area contributed by atoms with Crippen molar-refractivity contribution in [3.8, 4) is 5.75 Å². The van der Waals surface area contributed by atoms with Crippen LogP contribution in [0.25, 0.3) is 0 Å². The van der Waals surface area contributed by atoms with Crippen LogP contribution in [0.3, 0.4) is 0 Å². The molecule has 106 valence electrons. The lowest BCUT2D eigenvalue weighted by atomic mass is 9.94. The van der Waals surface area contributed by atoms with Crippen LogP contribution in [0.2, 0.25) is 0 Å². The Morgan fingerprint density at radius 3 is 2.45 bits per heavy atom. The largest absolute Gasteiger partial charge is 0.491 e. The fourth-order valence-electron chi connectivity index (χ4n) is 2.33. The molecule has 2 rings (SSSR count). The van der Waals surface area contributed by atoms with Gasteiger partial charge in [-0.2, -0.15) is 0 Å². The van der Waals surface area contributed by atoms with Crippen molar-refractivity contribution in [2.75, 3.05) is 0 Å². The van der Waals surface area contributed by atoms with Gasteiger partial charge in [0, 0.05) is 0 Å². The zero-order valence-electron chi connectivity index (χ0n) is 12.7. The van der Waals surface area contributed by atoms with E-state index in [2.05, 4.69) is 38.1 Å². The predicted molar refractivity (Wildman–Crippen MR) is 84.2 cm³/mol. The van der Waals surface area contributed by atoms with E-state index < -0.39 is 0 Å². The van der Waals surface area contributed by atoms with Crippen molar-refractivity contribution in [3.05, 3.63) is 64.7 Å². The Morgan fingerprint density at radius 1 is 1.00 bits per heavy atom.